The highest BCUT2D eigenvalue weighted by atomic mass is 35.5. The Morgan fingerprint density at radius 2 is 2.07 bits per heavy atom. The summed E-state index contributed by atoms with van der Waals surface area (Å²) in [6.07, 6.45) is 4.74. The molecule has 0 radical (unpaired) electrons. The number of likely N-dealkylation sites (N-methyl/N-ethyl adjacent to an activating group) is 1. The van der Waals surface area contributed by atoms with E-state index in [0.717, 1.165) is 30.8 Å². The first-order valence-corrected chi connectivity index (χ1v) is 9.66. The lowest BCUT2D eigenvalue weighted by atomic mass is 9.89. The molecule has 0 spiro atoms. The zero-order chi connectivity index (χ0) is 19.4. The van der Waals surface area contributed by atoms with Gasteiger partial charge in [0.25, 0.3) is 0 Å². The Bertz CT molecular complexity index is 762. The largest absolute Gasteiger partial charge is 0.497 e. The number of rotatable bonds is 7. The summed E-state index contributed by atoms with van der Waals surface area (Å²) in [4.78, 5) is 15.4. The van der Waals surface area contributed by atoms with Gasteiger partial charge in [0, 0.05) is 44.8 Å². The number of aryl methyl sites for hydroxylation is 1. The summed E-state index contributed by atoms with van der Waals surface area (Å²) >= 11 is 0. The van der Waals surface area contributed by atoms with Crippen molar-refractivity contribution < 1.29 is 9.53 Å². The normalized spacial score (nSPS) is 19.7. The summed E-state index contributed by atoms with van der Waals surface area (Å²) in [5.74, 6) is 1.24. The second kappa shape index (κ2) is 9.94. The number of nitrogens with zero attached hydrogens (tertiary/aromatic N) is 3. The van der Waals surface area contributed by atoms with Crippen molar-refractivity contribution in [1.82, 2.24) is 20.0 Å². The molecule has 1 amide bonds. The van der Waals surface area contributed by atoms with E-state index < -0.39 is 0 Å². The highest BCUT2D eigenvalue weighted by Crippen LogP contribution is 2.30. The van der Waals surface area contributed by atoms with E-state index in [2.05, 4.69) is 36.4 Å². The Kier molecular flexibility index (Phi) is 7.89. The van der Waals surface area contributed by atoms with Gasteiger partial charge in [-0.15, -0.1) is 12.4 Å². The highest BCUT2D eigenvalue weighted by molar-refractivity contribution is 5.85. The maximum Gasteiger partial charge on any atom is 0.227 e. The molecule has 3 atom stereocenters. The van der Waals surface area contributed by atoms with E-state index in [-0.39, 0.29) is 36.2 Å². The van der Waals surface area contributed by atoms with Crippen molar-refractivity contribution in [2.75, 3.05) is 26.7 Å². The maximum atomic E-state index is 13.3. The van der Waals surface area contributed by atoms with Crippen LogP contribution in [-0.4, -0.2) is 53.4 Å². The fourth-order valence-corrected chi connectivity index (χ4v) is 4.03. The molecule has 1 unspecified atom stereocenters. The van der Waals surface area contributed by atoms with Crippen LogP contribution in [0.3, 0.4) is 0 Å². The number of nitrogens with one attached hydrogen (secondary N) is 1. The molecule has 1 aliphatic rings. The summed E-state index contributed by atoms with van der Waals surface area (Å²) < 4.78 is 7.03. The third-order valence-corrected chi connectivity index (χ3v) is 5.53. The van der Waals surface area contributed by atoms with Crippen molar-refractivity contribution in [3.63, 3.8) is 0 Å². The van der Waals surface area contributed by atoms with Crippen LogP contribution in [0, 0.1) is 5.92 Å². The SMILES string of the molecule is CCN(C(=O)[C@H]1CNC[C@@H]1c1cnn(C)c1)C(C)Cc1ccc(OC)cc1.Cl. The molecule has 2 aromatic rings. The molecule has 0 aliphatic carbocycles. The Labute approximate surface area is 173 Å². The Morgan fingerprint density at radius 1 is 1.36 bits per heavy atom. The first-order valence-electron chi connectivity index (χ1n) is 9.66. The van der Waals surface area contributed by atoms with Gasteiger partial charge in [-0.3, -0.25) is 9.48 Å². The van der Waals surface area contributed by atoms with Crippen LogP contribution in [-0.2, 0) is 18.3 Å². The van der Waals surface area contributed by atoms with Crippen LogP contribution < -0.4 is 10.1 Å². The van der Waals surface area contributed by atoms with Gasteiger partial charge >= 0.3 is 0 Å². The molecule has 1 aromatic carbocycles. The molecule has 1 aromatic heterocycles. The number of carbonyl (C=O) groups excluding carboxylic acids is 1. The predicted octanol–water partition coefficient (Wildman–Crippen LogP) is 2.63. The fourth-order valence-electron chi connectivity index (χ4n) is 4.03. The molecule has 1 fully saturated rings. The molecule has 28 heavy (non-hydrogen) atoms. The minimum Gasteiger partial charge on any atom is -0.497 e. The van der Waals surface area contributed by atoms with E-state index in [1.165, 1.54) is 5.56 Å². The topological polar surface area (TPSA) is 59.4 Å². The molecular formula is C21H31ClN4O2. The van der Waals surface area contributed by atoms with E-state index in [9.17, 15) is 4.79 Å². The van der Waals surface area contributed by atoms with E-state index >= 15 is 0 Å². The average molecular weight is 407 g/mol. The zero-order valence-corrected chi connectivity index (χ0v) is 17.9. The minimum absolute atomic E-state index is 0. The molecule has 7 heteroatoms. The van der Waals surface area contributed by atoms with Crippen molar-refractivity contribution in [3.8, 4) is 5.75 Å². The number of methoxy groups -OCH3 is 1. The lowest BCUT2D eigenvalue weighted by Gasteiger charge is -2.32. The number of amides is 1. The minimum atomic E-state index is -0.0348. The van der Waals surface area contributed by atoms with E-state index in [4.69, 9.17) is 4.74 Å². The first kappa shape index (κ1) is 22.2. The molecule has 154 valence electrons. The van der Waals surface area contributed by atoms with Crippen LogP contribution in [0.25, 0.3) is 0 Å². The van der Waals surface area contributed by atoms with E-state index in [0.29, 0.717) is 6.54 Å². The van der Waals surface area contributed by atoms with Gasteiger partial charge in [-0.1, -0.05) is 12.1 Å². The van der Waals surface area contributed by atoms with Crippen LogP contribution in [0.15, 0.2) is 36.7 Å². The molecule has 0 saturated carbocycles. The molecule has 3 rings (SSSR count). The summed E-state index contributed by atoms with van der Waals surface area (Å²) in [7, 11) is 3.58. The van der Waals surface area contributed by atoms with Crippen LogP contribution in [0.2, 0.25) is 0 Å². The molecular weight excluding hydrogens is 376 g/mol. The zero-order valence-electron chi connectivity index (χ0n) is 17.1. The number of aromatic nitrogens is 2. The molecule has 6 nitrogen and oxygen atoms in total. The van der Waals surface area contributed by atoms with Crippen molar-refractivity contribution in [2.24, 2.45) is 13.0 Å². The average Bonchev–Trinajstić information content (AvgIpc) is 3.31. The van der Waals surface area contributed by atoms with Crippen LogP contribution in [0.5, 0.6) is 5.75 Å². The first-order chi connectivity index (χ1) is 13.0. The van der Waals surface area contributed by atoms with Crippen LogP contribution in [0.4, 0.5) is 0 Å². The van der Waals surface area contributed by atoms with Crippen molar-refractivity contribution >= 4 is 18.3 Å². The summed E-state index contributed by atoms with van der Waals surface area (Å²) in [5.41, 5.74) is 2.35. The quantitative estimate of drug-likeness (QED) is 0.767. The summed E-state index contributed by atoms with van der Waals surface area (Å²) in [5, 5.41) is 7.67. The Balaban J connectivity index is 0.00000280. The number of halogens is 1. The number of carbonyl (C=O) groups is 1. The summed E-state index contributed by atoms with van der Waals surface area (Å²) in [6, 6.07) is 8.23. The van der Waals surface area contributed by atoms with Crippen LogP contribution in [0.1, 0.15) is 30.9 Å². The molecule has 1 aliphatic heterocycles. The van der Waals surface area contributed by atoms with Crippen molar-refractivity contribution in [3.05, 3.63) is 47.8 Å². The second-order valence-corrected chi connectivity index (χ2v) is 7.34. The van der Waals surface area contributed by atoms with Gasteiger partial charge in [-0.25, -0.2) is 0 Å². The smallest absolute Gasteiger partial charge is 0.227 e. The number of hydrogen-bond acceptors (Lipinski definition) is 4. The molecule has 1 N–H and O–H groups in total. The number of benzene rings is 1. The van der Waals surface area contributed by atoms with E-state index in [1.807, 2.05) is 36.5 Å². The van der Waals surface area contributed by atoms with Gasteiger partial charge in [0.1, 0.15) is 5.75 Å². The highest BCUT2D eigenvalue weighted by Gasteiger charge is 2.37. The Hall–Kier alpha value is -2.05. The maximum absolute atomic E-state index is 13.3. The van der Waals surface area contributed by atoms with Crippen LogP contribution >= 0.6 is 12.4 Å². The third kappa shape index (κ3) is 4.86. The van der Waals surface area contributed by atoms with Gasteiger partial charge in [0.2, 0.25) is 5.91 Å². The molecule has 0 bridgehead atoms. The van der Waals surface area contributed by atoms with Gasteiger partial charge < -0.3 is 15.0 Å². The number of hydrogen-bond donors (Lipinski definition) is 1. The lowest BCUT2D eigenvalue weighted by molar-refractivity contribution is -0.137. The fraction of sp³-hybridized carbons (Fsp3) is 0.524. The summed E-state index contributed by atoms with van der Waals surface area (Å²) in [6.45, 7) is 6.46. The molecule has 1 saturated heterocycles. The van der Waals surface area contributed by atoms with Gasteiger partial charge in [0.15, 0.2) is 0 Å². The molecule has 2 heterocycles. The van der Waals surface area contributed by atoms with Gasteiger partial charge in [-0.2, -0.15) is 5.10 Å². The third-order valence-electron chi connectivity index (χ3n) is 5.53. The predicted molar refractivity (Wildman–Crippen MR) is 113 cm³/mol. The number of ether oxygens (including phenoxy) is 1. The van der Waals surface area contributed by atoms with Gasteiger partial charge in [-0.05, 0) is 43.5 Å². The van der Waals surface area contributed by atoms with Gasteiger partial charge in [0.05, 0.1) is 19.2 Å². The second-order valence-electron chi connectivity index (χ2n) is 7.34. The van der Waals surface area contributed by atoms with Crippen molar-refractivity contribution in [1.29, 1.82) is 0 Å². The monoisotopic (exact) mass is 406 g/mol. The lowest BCUT2D eigenvalue weighted by Crippen LogP contribution is -2.44. The van der Waals surface area contributed by atoms with Crippen molar-refractivity contribution in [2.45, 2.75) is 32.2 Å². The Morgan fingerprint density at radius 3 is 2.64 bits per heavy atom. The standard InChI is InChI=1S/C21H30N4O2.ClH/c1-5-25(15(2)10-16-6-8-18(27-4)9-7-16)21(26)20-13-22-12-19(20)17-11-23-24(3)14-17;/h6-9,11,14-15,19-20,22H,5,10,12-13H2,1-4H3;1H/t15?,19-,20+;/m1./s1. The van der Waals surface area contributed by atoms with E-state index in [1.54, 1.807) is 11.8 Å².